The average molecular weight is 299 g/mol. The lowest BCUT2D eigenvalue weighted by Gasteiger charge is -2.09. The summed E-state index contributed by atoms with van der Waals surface area (Å²) >= 11 is 9.54. The van der Waals surface area contributed by atoms with Crippen molar-refractivity contribution in [1.29, 1.82) is 0 Å². The Bertz CT molecular complexity index is 581. The van der Waals surface area contributed by atoms with Crippen LogP contribution in [0.3, 0.4) is 0 Å². The molecule has 1 saturated carbocycles. The smallest absolute Gasteiger partial charge is 0.150 e. The van der Waals surface area contributed by atoms with Crippen molar-refractivity contribution in [2.24, 2.45) is 5.73 Å². The third kappa shape index (κ3) is 1.61. The number of aromatic nitrogens is 2. The summed E-state index contributed by atoms with van der Waals surface area (Å²) in [6, 6.07) is 5.76. The highest BCUT2D eigenvalue weighted by atomic mass is 79.9. The number of halogens is 2. The van der Waals surface area contributed by atoms with E-state index < -0.39 is 0 Å². The lowest BCUT2D eigenvalue weighted by atomic mass is 10.2. The first-order chi connectivity index (χ1) is 7.58. The van der Waals surface area contributed by atoms with Crippen LogP contribution < -0.4 is 5.73 Å². The molecule has 2 N–H and O–H groups in total. The van der Waals surface area contributed by atoms with Gasteiger partial charge in [-0.1, -0.05) is 27.5 Å². The van der Waals surface area contributed by atoms with Crippen LogP contribution in [0.15, 0.2) is 22.7 Å². The first-order valence-electron chi connectivity index (χ1n) is 5.01. The molecular formula is C11H9BrClN3. The highest BCUT2D eigenvalue weighted by molar-refractivity contribution is 9.10. The lowest BCUT2D eigenvalue weighted by molar-refractivity contribution is 0.678. The quantitative estimate of drug-likeness (QED) is 0.823. The summed E-state index contributed by atoms with van der Waals surface area (Å²) in [5, 5.41) is 1.34. The van der Waals surface area contributed by atoms with E-state index in [1.807, 2.05) is 18.2 Å². The largest absolute Gasteiger partial charge is 0.319 e. The van der Waals surface area contributed by atoms with Crippen LogP contribution in [0.5, 0.6) is 0 Å². The highest BCUT2D eigenvalue weighted by Gasteiger charge is 2.43. The first-order valence-corrected chi connectivity index (χ1v) is 6.18. The van der Waals surface area contributed by atoms with E-state index in [0.717, 1.165) is 28.2 Å². The number of hydrogen-bond donors (Lipinski definition) is 1. The molecule has 1 aliphatic carbocycles. The Morgan fingerprint density at radius 3 is 2.75 bits per heavy atom. The van der Waals surface area contributed by atoms with Crippen molar-refractivity contribution in [3.63, 3.8) is 0 Å². The minimum Gasteiger partial charge on any atom is -0.319 e. The molecule has 1 fully saturated rings. The second-order valence-corrected chi connectivity index (χ2v) is 5.43. The molecule has 16 heavy (non-hydrogen) atoms. The van der Waals surface area contributed by atoms with E-state index in [2.05, 4.69) is 25.9 Å². The van der Waals surface area contributed by atoms with Gasteiger partial charge < -0.3 is 5.73 Å². The van der Waals surface area contributed by atoms with Crippen LogP contribution in [0.25, 0.3) is 10.9 Å². The number of nitrogens with two attached hydrogens (primary N) is 1. The fraction of sp³-hybridized carbons (Fsp3) is 0.273. The van der Waals surface area contributed by atoms with Gasteiger partial charge in [0.25, 0.3) is 0 Å². The van der Waals surface area contributed by atoms with Gasteiger partial charge in [-0.3, -0.25) is 0 Å². The summed E-state index contributed by atoms with van der Waals surface area (Å²) in [6.45, 7) is 0. The van der Waals surface area contributed by atoms with E-state index in [9.17, 15) is 0 Å². The van der Waals surface area contributed by atoms with Gasteiger partial charge in [0.15, 0.2) is 5.82 Å². The fourth-order valence-electron chi connectivity index (χ4n) is 1.64. The standard InChI is InChI=1S/C11H9BrClN3/c12-6-1-2-7-8(5-6)15-10(16-9(7)13)11(14)3-4-11/h1-2,5H,3-4,14H2. The summed E-state index contributed by atoms with van der Waals surface area (Å²) in [4.78, 5) is 8.76. The van der Waals surface area contributed by atoms with E-state index in [1.54, 1.807) is 0 Å². The fourth-order valence-corrected chi connectivity index (χ4v) is 2.23. The van der Waals surface area contributed by atoms with Gasteiger partial charge in [-0.2, -0.15) is 0 Å². The van der Waals surface area contributed by atoms with Crippen LogP contribution in [-0.4, -0.2) is 9.97 Å². The monoisotopic (exact) mass is 297 g/mol. The zero-order chi connectivity index (χ0) is 11.3. The topological polar surface area (TPSA) is 51.8 Å². The normalized spacial score (nSPS) is 17.7. The van der Waals surface area contributed by atoms with Crippen LogP contribution in [0.2, 0.25) is 5.15 Å². The Morgan fingerprint density at radius 2 is 2.06 bits per heavy atom. The van der Waals surface area contributed by atoms with Crippen LogP contribution in [0.1, 0.15) is 18.7 Å². The summed E-state index contributed by atoms with van der Waals surface area (Å²) in [7, 11) is 0. The molecule has 1 heterocycles. The molecule has 0 aliphatic heterocycles. The molecule has 0 atom stereocenters. The highest BCUT2D eigenvalue weighted by Crippen LogP contribution is 2.41. The molecule has 5 heteroatoms. The number of rotatable bonds is 1. The van der Waals surface area contributed by atoms with Crippen LogP contribution in [-0.2, 0) is 5.54 Å². The Labute approximate surface area is 106 Å². The SMILES string of the molecule is NC1(c2nc(Cl)c3ccc(Br)cc3n2)CC1. The van der Waals surface area contributed by atoms with Gasteiger partial charge in [0.1, 0.15) is 5.15 Å². The molecule has 0 bridgehead atoms. The van der Waals surface area contributed by atoms with Crippen molar-refractivity contribution in [1.82, 2.24) is 9.97 Å². The molecule has 0 saturated heterocycles. The van der Waals surface area contributed by atoms with E-state index in [4.69, 9.17) is 17.3 Å². The van der Waals surface area contributed by atoms with E-state index in [0.29, 0.717) is 11.0 Å². The molecule has 3 rings (SSSR count). The predicted octanol–water partition coefficient (Wildman–Crippen LogP) is 2.99. The van der Waals surface area contributed by atoms with Gasteiger partial charge in [0.05, 0.1) is 11.1 Å². The molecule has 0 spiro atoms. The maximum absolute atomic E-state index is 6.13. The molecule has 82 valence electrons. The Kier molecular flexibility index (Phi) is 2.21. The van der Waals surface area contributed by atoms with E-state index in [1.165, 1.54) is 0 Å². The first kappa shape index (κ1) is 10.4. The Morgan fingerprint density at radius 1 is 1.31 bits per heavy atom. The summed E-state index contributed by atoms with van der Waals surface area (Å²) in [5.41, 5.74) is 6.56. The van der Waals surface area contributed by atoms with Gasteiger partial charge in [0.2, 0.25) is 0 Å². The van der Waals surface area contributed by atoms with E-state index in [-0.39, 0.29) is 5.54 Å². The summed E-state index contributed by atoms with van der Waals surface area (Å²) in [6.07, 6.45) is 1.87. The van der Waals surface area contributed by atoms with Gasteiger partial charge >= 0.3 is 0 Å². The molecular weight excluding hydrogens is 289 g/mol. The second kappa shape index (κ2) is 3.39. The number of benzene rings is 1. The van der Waals surface area contributed by atoms with Crippen molar-refractivity contribution in [3.05, 3.63) is 33.6 Å². The van der Waals surface area contributed by atoms with Crippen LogP contribution in [0, 0.1) is 0 Å². The predicted molar refractivity (Wildman–Crippen MR) is 67.3 cm³/mol. The van der Waals surface area contributed by atoms with Crippen molar-refractivity contribution >= 4 is 38.4 Å². The second-order valence-electron chi connectivity index (χ2n) is 4.16. The van der Waals surface area contributed by atoms with E-state index >= 15 is 0 Å². The molecule has 1 aromatic carbocycles. The van der Waals surface area contributed by atoms with Crippen molar-refractivity contribution in [3.8, 4) is 0 Å². The maximum atomic E-state index is 6.13. The maximum Gasteiger partial charge on any atom is 0.150 e. The molecule has 3 nitrogen and oxygen atoms in total. The van der Waals surface area contributed by atoms with Crippen LogP contribution in [0.4, 0.5) is 0 Å². The van der Waals surface area contributed by atoms with Gasteiger partial charge in [-0.15, -0.1) is 0 Å². The third-order valence-corrected chi connectivity index (χ3v) is 3.63. The minimum atomic E-state index is -0.347. The molecule has 0 radical (unpaired) electrons. The zero-order valence-corrected chi connectivity index (χ0v) is 10.7. The van der Waals surface area contributed by atoms with Crippen molar-refractivity contribution < 1.29 is 0 Å². The Balaban J connectivity index is 2.27. The number of hydrogen-bond acceptors (Lipinski definition) is 3. The zero-order valence-electron chi connectivity index (χ0n) is 8.37. The lowest BCUT2D eigenvalue weighted by Crippen LogP contribution is -2.22. The molecule has 0 unspecified atom stereocenters. The third-order valence-electron chi connectivity index (χ3n) is 2.85. The molecule has 0 amide bonds. The van der Waals surface area contributed by atoms with Crippen LogP contribution >= 0.6 is 27.5 Å². The van der Waals surface area contributed by atoms with Crippen molar-refractivity contribution in [2.45, 2.75) is 18.4 Å². The van der Waals surface area contributed by atoms with Crippen molar-refractivity contribution in [2.75, 3.05) is 0 Å². The molecule has 1 aliphatic rings. The van der Waals surface area contributed by atoms with Gasteiger partial charge in [-0.25, -0.2) is 9.97 Å². The van der Waals surface area contributed by atoms with Gasteiger partial charge in [-0.05, 0) is 31.0 Å². The Hall–Kier alpha value is -0.710. The summed E-state index contributed by atoms with van der Waals surface area (Å²) in [5.74, 6) is 0.656. The van der Waals surface area contributed by atoms with Gasteiger partial charge in [0, 0.05) is 9.86 Å². The number of nitrogens with zero attached hydrogens (tertiary/aromatic N) is 2. The molecule has 1 aromatic heterocycles. The summed E-state index contributed by atoms with van der Waals surface area (Å²) < 4.78 is 0.975. The molecule has 2 aromatic rings. The number of fused-ring (bicyclic) bond motifs is 1. The average Bonchev–Trinajstić information content (AvgIpc) is 2.97. The minimum absolute atomic E-state index is 0.347.